The maximum absolute atomic E-state index is 11.8. The average Bonchev–Trinajstić information content (AvgIpc) is 2.67. The molecule has 0 spiro atoms. The quantitative estimate of drug-likeness (QED) is 0.678. The first-order valence-electron chi connectivity index (χ1n) is 5.90. The molecule has 1 aliphatic rings. The van der Waals surface area contributed by atoms with E-state index in [9.17, 15) is 9.59 Å². The Morgan fingerprint density at radius 2 is 2.26 bits per heavy atom. The first-order valence-corrected chi connectivity index (χ1v) is 5.90. The van der Waals surface area contributed by atoms with Crippen LogP contribution in [0.3, 0.4) is 0 Å². The van der Waals surface area contributed by atoms with E-state index in [2.05, 4.69) is 9.82 Å². The molecule has 0 saturated carbocycles. The van der Waals surface area contributed by atoms with E-state index in [0.717, 1.165) is 0 Å². The van der Waals surface area contributed by atoms with Crippen molar-refractivity contribution in [3.05, 3.63) is 33.1 Å². The summed E-state index contributed by atoms with van der Waals surface area (Å²) in [6.07, 6.45) is 0.156. The Bertz CT molecular complexity index is 540. The molecule has 0 radical (unpaired) electrons. The fourth-order valence-corrected chi connectivity index (χ4v) is 2.32. The molecule has 0 unspecified atom stereocenters. The fourth-order valence-electron chi connectivity index (χ4n) is 2.32. The SMILES string of the molecule is CO[C@@H]1[C@H](C)[C@@H](CON)O[C@H]1n1ccc(=O)[nH]c1=O. The van der Waals surface area contributed by atoms with Crippen LogP contribution in [0.2, 0.25) is 0 Å². The zero-order valence-electron chi connectivity index (χ0n) is 10.7. The summed E-state index contributed by atoms with van der Waals surface area (Å²) < 4.78 is 12.4. The Hall–Kier alpha value is -1.48. The standard InChI is InChI=1S/C11H17N3O5/c1-6-7(5-18-12)19-10(9(6)17-2)14-4-3-8(15)13-11(14)16/h3-4,6-7,9-10H,5,12H2,1-2H3,(H,13,15,16)/t6-,7-,9-,10-/m1/s1. The molecule has 0 aromatic carbocycles. The molecule has 8 nitrogen and oxygen atoms in total. The van der Waals surface area contributed by atoms with Crippen molar-refractivity contribution in [3.8, 4) is 0 Å². The van der Waals surface area contributed by atoms with E-state index in [0.29, 0.717) is 0 Å². The second-order valence-electron chi connectivity index (χ2n) is 4.48. The van der Waals surface area contributed by atoms with Gasteiger partial charge in [0, 0.05) is 25.3 Å². The number of nitrogens with zero attached hydrogens (tertiary/aromatic N) is 1. The van der Waals surface area contributed by atoms with Crippen LogP contribution in [-0.4, -0.2) is 35.5 Å². The minimum atomic E-state index is -0.621. The largest absolute Gasteiger partial charge is 0.376 e. The van der Waals surface area contributed by atoms with Gasteiger partial charge in [-0.2, -0.15) is 0 Å². The minimum Gasteiger partial charge on any atom is -0.376 e. The van der Waals surface area contributed by atoms with Crippen LogP contribution in [0.4, 0.5) is 0 Å². The van der Waals surface area contributed by atoms with Crippen LogP contribution >= 0.6 is 0 Å². The molecule has 0 aliphatic carbocycles. The van der Waals surface area contributed by atoms with E-state index < -0.39 is 17.5 Å². The highest BCUT2D eigenvalue weighted by Gasteiger charge is 2.43. The molecule has 1 aliphatic heterocycles. The first-order chi connectivity index (χ1) is 9.08. The van der Waals surface area contributed by atoms with Gasteiger partial charge >= 0.3 is 5.69 Å². The van der Waals surface area contributed by atoms with Gasteiger partial charge in [0.05, 0.1) is 12.7 Å². The van der Waals surface area contributed by atoms with Gasteiger partial charge in [-0.25, -0.2) is 10.7 Å². The van der Waals surface area contributed by atoms with Crippen LogP contribution in [0.5, 0.6) is 0 Å². The van der Waals surface area contributed by atoms with Gasteiger partial charge in [-0.1, -0.05) is 6.92 Å². The summed E-state index contributed by atoms with van der Waals surface area (Å²) in [5, 5.41) is 0. The molecule has 0 bridgehead atoms. The summed E-state index contributed by atoms with van der Waals surface area (Å²) >= 11 is 0. The third-order valence-electron chi connectivity index (χ3n) is 3.36. The van der Waals surface area contributed by atoms with Crippen molar-refractivity contribution in [2.75, 3.05) is 13.7 Å². The molecule has 4 atom stereocenters. The van der Waals surface area contributed by atoms with Crippen LogP contribution in [0, 0.1) is 5.92 Å². The van der Waals surface area contributed by atoms with Gasteiger partial charge in [-0.3, -0.25) is 14.3 Å². The van der Waals surface area contributed by atoms with Crippen LogP contribution in [0.15, 0.2) is 21.9 Å². The fraction of sp³-hybridized carbons (Fsp3) is 0.636. The highest BCUT2D eigenvalue weighted by atomic mass is 16.6. The number of aromatic amines is 1. The number of H-pyrrole nitrogens is 1. The van der Waals surface area contributed by atoms with Gasteiger partial charge < -0.3 is 14.3 Å². The van der Waals surface area contributed by atoms with E-state index in [1.807, 2.05) is 6.92 Å². The smallest absolute Gasteiger partial charge is 0.330 e. The molecule has 2 heterocycles. The van der Waals surface area contributed by atoms with Crippen molar-refractivity contribution >= 4 is 0 Å². The van der Waals surface area contributed by atoms with Crippen LogP contribution < -0.4 is 17.1 Å². The normalized spacial score (nSPS) is 30.7. The van der Waals surface area contributed by atoms with E-state index in [-0.39, 0.29) is 24.7 Å². The Morgan fingerprint density at radius 3 is 2.84 bits per heavy atom. The predicted octanol–water partition coefficient (Wildman–Crippen LogP) is -1.02. The monoisotopic (exact) mass is 271 g/mol. The number of hydrogen-bond acceptors (Lipinski definition) is 6. The van der Waals surface area contributed by atoms with E-state index in [1.54, 1.807) is 7.11 Å². The Balaban J connectivity index is 2.32. The number of methoxy groups -OCH3 is 1. The summed E-state index contributed by atoms with van der Waals surface area (Å²) in [4.78, 5) is 29.6. The third kappa shape index (κ3) is 2.61. The number of nitrogens with two attached hydrogens (primary N) is 1. The molecule has 1 saturated heterocycles. The topological polar surface area (TPSA) is 109 Å². The molecule has 1 aromatic rings. The van der Waals surface area contributed by atoms with E-state index in [1.165, 1.54) is 16.8 Å². The van der Waals surface area contributed by atoms with Crippen molar-refractivity contribution in [1.82, 2.24) is 9.55 Å². The number of ether oxygens (including phenoxy) is 2. The maximum Gasteiger partial charge on any atom is 0.330 e. The summed E-state index contributed by atoms with van der Waals surface area (Å²) in [5.74, 6) is 5.05. The third-order valence-corrected chi connectivity index (χ3v) is 3.36. The minimum absolute atomic E-state index is 0.00243. The lowest BCUT2D eigenvalue weighted by atomic mass is 10.0. The Labute approximate surface area is 109 Å². The molecule has 3 N–H and O–H groups in total. The lowest BCUT2D eigenvalue weighted by Gasteiger charge is -2.20. The molecule has 1 fully saturated rings. The molecule has 8 heteroatoms. The second-order valence-corrected chi connectivity index (χ2v) is 4.48. The Morgan fingerprint density at radius 1 is 1.53 bits per heavy atom. The lowest BCUT2D eigenvalue weighted by Crippen LogP contribution is -2.36. The molecule has 2 rings (SSSR count). The van der Waals surface area contributed by atoms with Crippen molar-refractivity contribution in [1.29, 1.82) is 0 Å². The van der Waals surface area contributed by atoms with E-state index >= 15 is 0 Å². The number of hydrogen-bond donors (Lipinski definition) is 2. The summed E-state index contributed by atoms with van der Waals surface area (Å²) in [6, 6.07) is 1.26. The van der Waals surface area contributed by atoms with Crippen LogP contribution in [0.25, 0.3) is 0 Å². The van der Waals surface area contributed by atoms with Gasteiger partial charge in [0.1, 0.15) is 6.10 Å². The molecule has 106 valence electrons. The van der Waals surface area contributed by atoms with Gasteiger partial charge in [0.15, 0.2) is 6.23 Å². The van der Waals surface area contributed by atoms with Gasteiger partial charge in [-0.05, 0) is 0 Å². The molecular weight excluding hydrogens is 254 g/mol. The Kier molecular flexibility index (Phi) is 4.15. The molecule has 1 aromatic heterocycles. The molecular formula is C11H17N3O5. The second kappa shape index (κ2) is 5.66. The van der Waals surface area contributed by atoms with Crippen molar-refractivity contribution < 1.29 is 14.3 Å². The zero-order valence-corrected chi connectivity index (χ0v) is 10.7. The molecule has 19 heavy (non-hydrogen) atoms. The van der Waals surface area contributed by atoms with E-state index in [4.69, 9.17) is 15.4 Å². The average molecular weight is 271 g/mol. The maximum atomic E-state index is 11.8. The lowest BCUT2D eigenvalue weighted by molar-refractivity contribution is -0.0717. The van der Waals surface area contributed by atoms with Crippen molar-refractivity contribution in [3.63, 3.8) is 0 Å². The first kappa shape index (κ1) is 13.9. The summed E-state index contributed by atoms with van der Waals surface area (Å²) in [5.41, 5.74) is -0.996. The van der Waals surface area contributed by atoms with Gasteiger partial charge in [0.2, 0.25) is 0 Å². The summed E-state index contributed by atoms with van der Waals surface area (Å²) in [6.45, 7) is 2.13. The predicted molar refractivity (Wildman–Crippen MR) is 65.3 cm³/mol. The summed E-state index contributed by atoms with van der Waals surface area (Å²) in [7, 11) is 1.54. The van der Waals surface area contributed by atoms with Crippen LogP contribution in [-0.2, 0) is 14.3 Å². The number of nitrogens with one attached hydrogen (secondary N) is 1. The number of rotatable bonds is 4. The van der Waals surface area contributed by atoms with Gasteiger partial charge in [0.25, 0.3) is 5.56 Å². The van der Waals surface area contributed by atoms with Crippen LogP contribution in [0.1, 0.15) is 13.2 Å². The highest BCUT2D eigenvalue weighted by molar-refractivity contribution is 4.92. The molecule has 0 amide bonds. The number of aromatic nitrogens is 2. The highest BCUT2D eigenvalue weighted by Crippen LogP contribution is 2.34. The van der Waals surface area contributed by atoms with Crippen molar-refractivity contribution in [2.45, 2.75) is 25.4 Å². The zero-order chi connectivity index (χ0) is 14.0. The van der Waals surface area contributed by atoms with Gasteiger partial charge in [-0.15, -0.1) is 0 Å². The van der Waals surface area contributed by atoms with Crippen molar-refractivity contribution in [2.24, 2.45) is 11.8 Å².